The minimum Gasteiger partial charge on any atom is -0.465 e. The number of imidazole rings is 1. The van der Waals surface area contributed by atoms with Crippen LogP contribution in [0.2, 0.25) is 0 Å². The molecule has 3 heterocycles. The van der Waals surface area contributed by atoms with Crippen LogP contribution in [0.5, 0.6) is 0 Å². The molecule has 210 valence electrons. The molecule has 7 heteroatoms. The zero-order valence-electron chi connectivity index (χ0n) is 23.6. The lowest BCUT2D eigenvalue weighted by Crippen LogP contribution is -2.48. The molecule has 6 rings (SSSR count). The van der Waals surface area contributed by atoms with E-state index in [0.717, 1.165) is 63.1 Å². The first-order valence-corrected chi connectivity index (χ1v) is 14.4. The van der Waals surface area contributed by atoms with Crippen LogP contribution in [-0.4, -0.2) is 69.7 Å². The highest BCUT2D eigenvalue weighted by molar-refractivity contribution is 5.95. The maximum Gasteiger partial charge on any atom is 0.337 e. The average Bonchev–Trinajstić information content (AvgIpc) is 3.67. The van der Waals surface area contributed by atoms with E-state index in [1.807, 2.05) is 30.7 Å². The Kier molecular flexibility index (Phi) is 8.26. The van der Waals surface area contributed by atoms with E-state index in [-0.39, 0.29) is 12.0 Å². The molecular weight excluding hydrogens is 510 g/mol. The minimum atomic E-state index is -0.307. The summed E-state index contributed by atoms with van der Waals surface area (Å²) in [7, 11) is 1.43. The van der Waals surface area contributed by atoms with Gasteiger partial charge < -0.3 is 18.8 Å². The number of carbonyl (C=O) groups excluding carboxylic acids is 1. The zero-order valence-corrected chi connectivity index (χ0v) is 23.6. The Hall–Kier alpha value is -4.20. The largest absolute Gasteiger partial charge is 0.465 e. The smallest absolute Gasteiger partial charge is 0.337 e. The van der Waals surface area contributed by atoms with Gasteiger partial charge in [0.15, 0.2) is 0 Å². The van der Waals surface area contributed by atoms with Crippen LogP contribution in [0.1, 0.15) is 39.5 Å². The number of benzene rings is 3. The van der Waals surface area contributed by atoms with Crippen molar-refractivity contribution in [1.82, 2.24) is 23.9 Å². The van der Waals surface area contributed by atoms with Gasteiger partial charge in [-0.05, 0) is 41.8 Å². The summed E-state index contributed by atoms with van der Waals surface area (Å²) < 4.78 is 9.36. The number of nitrogens with zero attached hydrogens (tertiary/aromatic N) is 5. The van der Waals surface area contributed by atoms with Gasteiger partial charge in [0.2, 0.25) is 0 Å². The molecule has 3 aromatic carbocycles. The number of hydrogen-bond acceptors (Lipinski definition) is 5. The number of fused-ring (bicyclic) bond motifs is 1. The molecule has 5 aromatic rings. The lowest BCUT2D eigenvalue weighted by Gasteiger charge is -2.40. The van der Waals surface area contributed by atoms with Gasteiger partial charge in [-0.1, -0.05) is 66.7 Å². The van der Waals surface area contributed by atoms with Crippen LogP contribution in [0.15, 0.2) is 104 Å². The number of methoxy groups -OCH3 is 1. The standard InChI is InChI=1S/C34H37N5O2/c1-41-34(40)29-13-14-31-30(24-37-18-15-35-26-37)25-39(32(31)23-29)17-8-16-36-19-21-38(22-20-36)33(27-9-4-2-5-10-27)28-11-6-3-7-12-28/h2-7,9-15,18,23,25-26,33H,8,16-17,19-22,24H2,1H3. The van der Waals surface area contributed by atoms with Gasteiger partial charge in [0.05, 0.1) is 31.6 Å². The molecule has 0 bridgehead atoms. The molecule has 0 aliphatic carbocycles. The fourth-order valence-corrected chi connectivity index (χ4v) is 6.10. The number of ether oxygens (including phenoxy) is 1. The second-order valence-corrected chi connectivity index (χ2v) is 10.8. The van der Waals surface area contributed by atoms with Gasteiger partial charge in [-0.3, -0.25) is 4.90 Å². The van der Waals surface area contributed by atoms with E-state index < -0.39 is 0 Å². The van der Waals surface area contributed by atoms with Crippen LogP contribution in [0.4, 0.5) is 0 Å². The second-order valence-electron chi connectivity index (χ2n) is 10.8. The third-order valence-electron chi connectivity index (χ3n) is 8.17. The van der Waals surface area contributed by atoms with Crippen LogP contribution in [0.25, 0.3) is 10.9 Å². The predicted octanol–water partition coefficient (Wildman–Crippen LogP) is 5.47. The summed E-state index contributed by atoms with van der Waals surface area (Å²) in [4.78, 5) is 21.7. The Morgan fingerprint density at radius 3 is 2.24 bits per heavy atom. The summed E-state index contributed by atoms with van der Waals surface area (Å²) in [6, 6.07) is 27.9. The number of rotatable bonds is 10. The number of aromatic nitrogens is 3. The molecule has 0 amide bonds. The van der Waals surface area contributed by atoms with Crippen molar-refractivity contribution in [1.29, 1.82) is 0 Å². The Morgan fingerprint density at radius 1 is 0.902 bits per heavy atom. The molecule has 1 aliphatic heterocycles. The molecule has 0 radical (unpaired) electrons. The first kappa shape index (κ1) is 27.0. The van der Waals surface area contributed by atoms with Gasteiger partial charge in [0.1, 0.15) is 0 Å². The molecule has 7 nitrogen and oxygen atoms in total. The summed E-state index contributed by atoms with van der Waals surface area (Å²) in [5, 5.41) is 1.16. The lowest BCUT2D eigenvalue weighted by molar-refractivity contribution is 0.0601. The highest BCUT2D eigenvalue weighted by atomic mass is 16.5. The van der Waals surface area contributed by atoms with Gasteiger partial charge >= 0.3 is 5.97 Å². The highest BCUT2D eigenvalue weighted by Crippen LogP contribution is 2.30. The van der Waals surface area contributed by atoms with Crippen LogP contribution >= 0.6 is 0 Å². The third-order valence-corrected chi connectivity index (χ3v) is 8.17. The van der Waals surface area contributed by atoms with Crippen molar-refractivity contribution in [2.75, 3.05) is 39.8 Å². The molecular formula is C34H37N5O2. The zero-order chi connectivity index (χ0) is 28.0. The topological polar surface area (TPSA) is 55.5 Å². The van der Waals surface area contributed by atoms with E-state index >= 15 is 0 Å². The summed E-state index contributed by atoms with van der Waals surface area (Å²) in [6.07, 6.45) is 8.89. The van der Waals surface area contributed by atoms with E-state index in [2.05, 4.69) is 90.8 Å². The predicted molar refractivity (Wildman–Crippen MR) is 162 cm³/mol. The normalized spacial score (nSPS) is 14.6. The Morgan fingerprint density at radius 2 is 1.61 bits per heavy atom. The minimum absolute atomic E-state index is 0.281. The number of carbonyl (C=O) groups is 1. The lowest BCUT2D eigenvalue weighted by atomic mass is 9.96. The molecule has 0 spiro atoms. The monoisotopic (exact) mass is 547 g/mol. The van der Waals surface area contributed by atoms with Crippen molar-refractivity contribution in [2.45, 2.75) is 25.6 Å². The van der Waals surface area contributed by atoms with E-state index in [9.17, 15) is 4.79 Å². The van der Waals surface area contributed by atoms with Crippen LogP contribution in [0, 0.1) is 0 Å². The van der Waals surface area contributed by atoms with Crippen molar-refractivity contribution < 1.29 is 9.53 Å². The van der Waals surface area contributed by atoms with Crippen LogP contribution in [0.3, 0.4) is 0 Å². The quantitative estimate of drug-likeness (QED) is 0.217. The molecule has 0 saturated carbocycles. The van der Waals surface area contributed by atoms with Gasteiger partial charge in [0.25, 0.3) is 0 Å². The Balaban J connectivity index is 1.12. The van der Waals surface area contributed by atoms with Gasteiger partial charge in [-0.15, -0.1) is 0 Å². The van der Waals surface area contributed by atoms with E-state index in [4.69, 9.17) is 4.74 Å². The third kappa shape index (κ3) is 6.11. The molecule has 0 unspecified atom stereocenters. The van der Waals surface area contributed by atoms with E-state index in [1.54, 1.807) is 6.20 Å². The Bertz CT molecular complexity index is 1520. The molecule has 41 heavy (non-hydrogen) atoms. The molecule has 1 saturated heterocycles. The van der Waals surface area contributed by atoms with E-state index in [0.29, 0.717) is 5.56 Å². The van der Waals surface area contributed by atoms with Crippen molar-refractivity contribution in [3.63, 3.8) is 0 Å². The van der Waals surface area contributed by atoms with Gasteiger partial charge in [-0.2, -0.15) is 0 Å². The maximum atomic E-state index is 12.3. The van der Waals surface area contributed by atoms with Crippen molar-refractivity contribution >= 4 is 16.9 Å². The van der Waals surface area contributed by atoms with Crippen molar-refractivity contribution in [3.8, 4) is 0 Å². The number of piperazine rings is 1. The number of hydrogen-bond donors (Lipinski definition) is 0. The maximum absolute atomic E-state index is 12.3. The molecule has 0 N–H and O–H groups in total. The van der Waals surface area contributed by atoms with E-state index in [1.165, 1.54) is 23.8 Å². The average molecular weight is 548 g/mol. The van der Waals surface area contributed by atoms with Crippen LogP contribution < -0.4 is 0 Å². The summed E-state index contributed by atoms with van der Waals surface area (Å²) in [5.74, 6) is -0.307. The fourth-order valence-electron chi connectivity index (χ4n) is 6.10. The highest BCUT2D eigenvalue weighted by Gasteiger charge is 2.26. The first-order valence-electron chi connectivity index (χ1n) is 14.4. The molecule has 2 aromatic heterocycles. The first-order chi connectivity index (χ1) is 20.2. The summed E-state index contributed by atoms with van der Waals surface area (Å²) >= 11 is 0. The van der Waals surface area contributed by atoms with Gasteiger partial charge in [0, 0.05) is 62.2 Å². The molecule has 0 atom stereocenters. The molecule has 1 aliphatic rings. The number of esters is 1. The SMILES string of the molecule is COC(=O)c1ccc2c(Cn3ccnc3)cn(CCCN3CCN(C(c4ccccc4)c4ccccc4)CC3)c2c1. The fraction of sp³-hybridized carbons (Fsp3) is 0.294. The van der Waals surface area contributed by atoms with Crippen molar-refractivity contribution in [2.24, 2.45) is 0 Å². The number of aryl methyl sites for hydroxylation is 1. The Labute approximate surface area is 241 Å². The van der Waals surface area contributed by atoms with Crippen molar-refractivity contribution in [3.05, 3.63) is 126 Å². The van der Waals surface area contributed by atoms with Gasteiger partial charge in [-0.25, -0.2) is 9.78 Å². The summed E-state index contributed by atoms with van der Waals surface area (Å²) in [6.45, 7) is 6.87. The van der Waals surface area contributed by atoms with Crippen LogP contribution in [-0.2, 0) is 17.8 Å². The summed E-state index contributed by atoms with van der Waals surface area (Å²) in [5.41, 5.74) is 5.57. The second kappa shape index (κ2) is 12.5. The molecule has 1 fully saturated rings.